The van der Waals surface area contributed by atoms with Gasteiger partial charge in [-0.3, -0.25) is 4.79 Å². The van der Waals surface area contributed by atoms with Gasteiger partial charge in [0.2, 0.25) is 16.9 Å². The number of hydrogen-bond acceptors (Lipinski definition) is 8. The molecule has 0 spiro atoms. The van der Waals surface area contributed by atoms with E-state index < -0.39 is 0 Å². The van der Waals surface area contributed by atoms with Gasteiger partial charge in [-0.25, -0.2) is 9.66 Å². The summed E-state index contributed by atoms with van der Waals surface area (Å²) >= 11 is 2.57. The van der Waals surface area contributed by atoms with Gasteiger partial charge in [0.25, 0.3) is 0 Å². The minimum atomic E-state index is -0.179. The number of nitrogens with two attached hydrogens (primary N) is 1. The zero-order chi connectivity index (χ0) is 15.5. The maximum atomic E-state index is 11.9. The van der Waals surface area contributed by atoms with Gasteiger partial charge >= 0.3 is 0 Å². The molecule has 0 aliphatic carbocycles. The summed E-state index contributed by atoms with van der Waals surface area (Å²) in [6.45, 7) is 1.87. The summed E-state index contributed by atoms with van der Waals surface area (Å²) in [5, 5.41) is 13.5. The summed E-state index contributed by atoms with van der Waals surface area (Å²) in [4.78, 5) is 16.0. The van der Waals surface area contributed by atoms with Gasteiger partial charge in [0.05, 0.1) is 17.7 Å². The lowest BCUT2D eigenvalue weighted by Crippen LogP contribution is -2.16. The highest BCUT2D eigenvalue weighted by molar-refractivity contribution is 7.99. The number of nitrogens with one attached hydrogen (secondary N) is 1. The zero-order valence-corrected chi connectivity index (χ0v) is 13.1. The molecule has 0 fully saturated rings. The lowest BCUT2D eigenvalue weighted by atomic mass is 10.4. The lowest BCUT2D eigenvalue weighted by molar-refractivity contribution is -0.113. The monoisotopic (exact) mass is 336 g/mol. The Kier molecular flexibility index (Phi) is 4.11. The molecule has 114 valence electrons. The molecule has 0 saturated carbocycles. The fraction of sp³-hybridized carbons (Fsp3) is 0.167. The van der Waals surface area contributed by atoms with Crippen molar-refractivity contribution in [2.45, 2.75) is 12.1 Å². The Labute approximate surface area is 133 Å². The Morgan fingerprint density at radius 1 is 1.55 bits per heavy atom. The number of amides is 1. The molecule has 3 N–H and O–H groups in total. The van der Waals surface area contributed by atoms with E-state index in [-0.39, 0.29) is 11.7 Å². The van der Waals surface area contributed by atoms with Gasteiger partial charge in [-0.15, -0.1) is 21.5 Å². The third-order valence-corrected chi connectivity index (χ3v) is 4.42. The molecular weight excluding hydrogens is 324 g/mol. The number of rotatable bonds is 5. The van der Waals surface area contributed by atoms with Crippen LogP contribution < -0.4 is 11.2 Å². The highest BCUT2D eigenvalue weighted by atomic mass is 32.2. The number of nitrogen functional groups attached to an aromatic ring is 1. The third kappa shape index (κ3) is 3.12. The topological polar surface area (TPSA) is 112 Å². The van der Waals surface area contributed by atoms with Gasteiger partial charge in [0.1, 0.15) is 0 Å². The minimum absolute atomic E-state index is 0.159. The average Bonchev–Trinajstić information content (AvgIpc) is 3.19. The largest absolute Gasteiger partial charge is 0.461 e. The van der Waals surface area contributed by atoms with Crippen molar-refractivity contribution >= 4 is 34.1 Å². The van der Waals surface area contributed by atoms with E-state index in [9.17, 15) is 4.79 Å². The van der Waals surface area contributed by atoms with Crippen LogP contribution in [0.2, 0.25) is 0 Å². The smallest absolute Gasteiger partial charge is 0.236 e. The number of thiazole rings is 1. The van der Waals surface area contributed by atoms with Crippen LogP contribution in [-0.4, -0.2) is 31.5 Å². The third-order valence-electron chi connectivity index (χ3n) is 2.60. The SMILES string of the molecule is Cc1csc(NC(=O)CSc2nnc(-c3ccco3)n2N)n1. The molecule has 3 heterocycles. The Hall–Kier alpha value is -2.33. The van der Waals surface area contributed by atoms with Crippen LogP contribution >= 0.6 is 23.1 Å². The molecule has 0 aromatic carbocycles. The van der Waals surface area contributed by atoms with Crippen molar-refractivity contribution in [2.75, 3.05) is 16.9 Å². The summed E-state index contributed by atoms with van der Waals surface area (Å²) in [5.41, 5.74) is 0.873. The van der Waals surface area contributed by atoms with Crippen molar-refractivity contribution in [1.82, 2.24) is 19.9 Å². The standard InChI is InChI=1S/C12H12N6O2S2/c1-7-5-21-11(14-7)15-9(19)6-22-12-17-16-10(18(12)13)8-3-2-4-20-8/h2-5H,6,13H2,1H3,(H,14,15,19). The molecule has 0 aliphatic heterocycles. The van der Waals surface area contributed by atoms with Crippen LogP contribution in [0.3, 0.4) is 0 Å². The second-order valence-electron chi connectivity index (χ2n) is 4.28. The van der Waals surface area contributed by atoms with Gasteiger partial charge in [-0.05, 0) is 19.1 Å². The van der Waals surface area contributed by atoms with Crippen LogP contribution in [0.25, 0.3) is 11.6 Å². The zero-order valence-electron chi connectivity index (χ0n) is 11.5. The predicted octanol–water partition coefficient (Wildman–Crippen LogP) is 1.75. The van der Waals surface area contributed by atoms with Crippen molar-refractivity contribution < 1.29 is 9.21 Å². The first-order valence-electron chi connectivity index (χ1n) is 6.22. The molecular formula is C12H12N6O2S2. The van der Waals surface area contributed by atoms with Crippen molar-refractivity contribution in [2.24, 2.45) is 0 Å². The van der Waals surface area contributed by atoms with E-state index in [4.69, 9.17) is 10.3 Å². The fourth-order valence-corrected chi connectivity index (χ4v) is 3.01. The number of carbonyl (C=O) groups excluding carboxylic acids is 1. The Morgan fingerprint density at radius 2 is 2.41 bits per heavy atom. The number of aromatic nitrogens is 4. The fourth-order valence-electron chi connectivity index (χ4n) is 1.65. The molecule has 22 heavy (non-hydrogen) atoms. The first kappa shape index (κ1) is 14.6. The molecule has 10 heteroatoms. The minimum Gasteiger partial charge on any atom is -0.461 e. The molecule has 8 nitrogen and oxygen atoms in total. The number of hydrogen-bond donors (Lipinski definition) is 2. The van der Waals surface area contributed by atoms with Gasteiger partial charge in [-0.2, -0.15) is 0 Å². The second-order valence-corrected chi connectivity index (χ2v) is 6.08. The van der Waals surface area contributed by atoms with Crippen LogP contribution in [0.5, 0.6) is 0 Å². The summed E-state index contributed by atoms with van der Waals surface area (Å²) in [6.07, 6.45) is 1.53. The molecule has 0 radical (unpaired) electrons. The summed E-state index contributed by atoms with van der Waals surface area (Å²) in [5.74, 6) is 6.81. The molecule has 0 aliphatic rings. The summed E-state index contributed by atoms with van der Waals surface area (Å²) in [7, 11) is 0. The Morgan fingerprint density at radius 3 is 3.09 bits per heavy atom. The Balaban J connectivity index is 1.61. The maximum Gasteiger partial charge on any atom is 0.236 e. The molecule has 0 saturated heterocycles. The number of furan rings is 1. The van der Waals surface area contributed by atoms with Crippen molar-refractivity contribution in [3.8, 4) is 11.6 Å². The molecule has 3 rings (SSSR count). The highest BCUT2D eigenvalue weighted by Gasteiger charge is 2.15. The molecule has 1 amide bonds. The lowest BCUT2D eigenvalue weighted by Gasteiger charge is -2.02. The van der Waals surface area contributed by atoms with Crippen molar-refractivity contribution in [1.29, 1.82) is 0 Å². The van der Waals surface area contributed by atoms with Crippen LogP contribution in [0.15, 0.2) is 33.3 Å². The van der Waals surface area contributed by atoms with E-state index in [1.54, 1.807) is 12.1 Å². The quantitative estimate of drug-likeness (QED) is 0.539. The normalized spacial score (nSPS) is 10.8. The van der Waals surface area contributed by atoms with E-state index in [1.807, 2.05) is 12.3 Å². The van der Waals surface area contributed by atoms with Crippen LogP contribution in [0.1, 0.15) is 5.69 Å². The second kappa shape index (κ2) is 6.20. The predicted molar refractivity (Wildman–Crippen MR) is 84.1 cm³/mol. The number of thioether (sulfide) groups is 1. The molecule has 0 bridgehead atoms. The van der Waals surface area contributed by atoms with E-state index in [2.05, 4.69) is 20.5 Å². The highest BCUT2D eigenvalue weighted by Crippen LogP contribution is 2.22. The van der Waals surface area contributed by atoms with Crippen LogP contribution in [-0.2, 0) is 4.79 Å². The Bertz CT molecular complexity index is 780. The van der Waals surface area contributed by atoms with Crippen LogP contribution in [0.4, 0.5) is 5.13 Å². The van der Waals surface area contributed by atoms with Gasteiger partial charge in [0, 0.05) is 5.38 Å². The van der Waals surface area contributed by atoms with E-state index in [0.29, 0.717) is 21.9 Å². The summed E-state index contributed by atoms with van der Waals surface area (Å²) < 4.78 is 6.52. The van der Waals surface area contributed by atoms with Gasteiger partial charge < -0.3 is 15.6 Å². The van der Waals surface area contributed by atoms with E-state index in [0.717, 1.165) is 5.69 Å². The van der Waals surface area contributed by atoms with Crippen molar-refractivity contribution in [3.63, 3.8) is 0 Å². The maximum absolute atomic E-state index is 11.9. The number of nitrogens with zero attached hydrogens (tertiary/aromatic N) is 4. The first-order chi connectivity index (χ1) is 10.6. The molecule has 0 atom stereocenters. The number of carbonyl (C=O) groups is 1. The van der Waals surface area contributed by atoms with Gasteiger partial charge in [0.15, 0.2) is 10.9 Å². The van der Waals surface area contributed by atoms with E-state index in [1.165, 1.54) is 34.0 Å². The summed E-state index contributed by atoms with van der Waals surface area (Å²) in [6, 6.07) is 3.47. The van der Waals surface area contributed by atoms with Gasteiger partial charge in [-0.1, -0.05) is 11.8 Å². The molecule has 3 aromatic heterocycles. The first-order valence-corrected chi connectivity index (χ1v) is 8.09. The molecule has 0 unspecified atom stereocenters. The van der Waals surface area contributed by atoms with Crippen LogP contribution in [0, 0.1) is 6.92 Å². The van der Waals surface area contributed by atoms with Crippen molar-refractivity contribution in [3.05, 3.63) is 29.5 Å². The number of anilines is 1. The molecule has 3 aromatic rings. The average molecular weight is 336 g/mol. The van der Waals surface area contributed by atoms with E-state index >= 15 is 0 Å². The number of aryl methyl sites for hydroxylation is 1.